The van der Waals surface area contributed by atoms with Crippen LogP contribution in [0.25, 0.3) is 31.6 Å². The summed E-state index contributed by atoms with van der Waals surface area (Å²) in [5.41, 5.74) is 2.66. The normalized spacial score (nSPS) is 17.2. The number of nitrogens with zero attached hydrogens (tertiary/aromatic N) is 3. The fraction of sp³-hybridized carbons (Fsp3) is 0.231. The Morgan fingerprint density at radius 2 is 1.97 bits per heavy atom. The zero-order valence-corrected chi connectivity index (χ0v) is 20.8. The number of morpholine rings is 1. The molecule has 0 amide bonds. The smallest absolute Gasteiger partial charge is 0.275 e. The van der Waals surface area contributed by atoms with Crippen molar-refractivity contribution in [1.29, 1.82) is 0 Å². The average molecular weight is 508 g/mol. The van der Waals surface area contributed by atoms with Crippen molar-refractivity contribution in [3.8, 4) is 5.69 Å². The molecule has 0 unspecified atom stereocenters. The molecule has 172 valence electrons. The molecule has 3 aromatic heterocycles. The second-order valence-corrected chi connectivity index (χ2v) is 11.1. The Balaban J connectivity index is 1.33. The summed E-state index contributed by atoms with van der Waals surface area (Å²) in [6, 6.07) is 10.4. The van der Waals surface area contributed by atoms with Crippen molar-refractivity contribution in [3.05, 3.63) is 86.1 Å². The minimum atomic E-state index is -0.0392. The van der Waals surface area contributed by atoms with E-state index in [2.05, 4.69) is 28.1 Å². The van der Waals surface area contributed by atoms with Gasteiger partial charge in [0, 0.05) is 39.1 Å². The fourth-order valence-electron chi connectivity index (χ4n) is 4.33. The Morgan fingerprint density at radius 3 is 2.85 bits per heavy atom. The largest absolute Gasteiger partial charge is 0.379 e. The van der Waals surface area contributed by atoms with Crippen molar-refractivity contribution in [2.75, 3.05) is 26.3 Å². The summed E-state index contributed by atoms with van der Waals surface area (Å²) in [6.45, 7) is 4.49. The minimum absolute atomic E-state index is 0.0392. The molecule has 1 aliphatic heterocycles. The van der Waals surface area contributed by atoms with E-state index in [0.717, 1.165) is 66.3 Å². The van der Waals surface area contributed by atoms with Gasteiger partial charge in [0.05, 0.1) is 24.4 Å². The lowest BCUT2D eigenvalue weighted by molar-refractivity contribution is 0.0346. The highest BCUT2D eigenvalue weighted by molar-refractivity contribution is 7.20. The van der Waals surface area contributed by atoms with Crippen LogP contribution >= 0.6 is 34.3 Å². The van der Waals surface area contributed by atoms with Crippen LogP contribution in [0.15, 0.2) is 70.8 Å². The molecule has 34 heavy (non-hydrogen) atoms. The lowest BCUT2D eigenvalue weighted by atomic mass is 10.1. The maximum Gasteiger partial charge on any atom is 0.275 e. The molecule has 6 rings (SSSR count). The molecule has 5 nitrogen and oxygen atoms in total. The van der Waals surface area contributed by atoms with Crippen molar-refractivity contribution < 1.29 is 4.74 Å². The van der Waals surface area contributed by atoms with Gasteiger partial charge in [-0.05, 0) is 59.9 Å². The van der Waals surface area contributed by atoms with Gasteiger partial charge in [0.15, 0.2) is 0 Å². The zero-order chi connectivity index (χ0) is 23.1. The Labute approximate surface area is 209 Å². The fourth-order valence-corrected chi connectivity index (χ4v) is 6.65. The number of ether oxygens (including phenoxy) is 1. The maximum atomic E-state index is 13.4. The van der Waals surface area contributed by atoms with Gasteiger partial charge in [0.1, 0.15) is 11.0 Å². The quantitative estimate of drug-likeness (QED) is 0.342. The van der Waals surface area contributed by atoms with Crippen molar-refractivity contribution in [2.45, 2.75) is 13.0 Å². The summed E-state index contributed by atoms with van der Waals surface area (Å²) >= 11 is 9.43. The van der Waals surface area contributed by atoms with Crippen molar-refractivity contribution in [1.82, 2.24) is 14.5 Å². The van der Waals surface area contributed by atoms with Crippen molar-refractivity contribution in [2.24, 2.45) is 0 Å². The first-order chi connectivity index (χ1) is 16.6. The zero-order valence-electron chi connectivity index (χ0n) is 18.4. The Kier molecular flexibility index (Phi) is 5.97. The van der Waals surface area contributed by atoms with Gasteiger partial charge in [-0.15, -0.1) is 22.7 Å². The molecule has 0 atom stereocenters. The Morgan fingerprint density at radius 1 is 1.09 bits per heavy atom. The minimum Gasteiger partial charge on any atom is -0.379 e. The van der Waals surface area contributed by atoms with Crippen LogP contribution in [0.5, 0.6) is 0 Å². The molecule has 0 radical (unpaired) electrons. The molecule has 0 spiro atoms. The summed E-state index contributed by atoms with van der Waals surface area (Å²) in [5, 5.41) is 1.86. The standard InChI is InChI=1S/C26H22ClN3O2S2/c27-19-3-1-2-17(4-5-19)24-14-22-25(34-24)26(31)30(16-28-22)20-6-7-23-18(12-20)13-21(33-23)15-29-8-10-32-11-9-29/h1,3-7,12-14,16H,2,8-11,15H2. The van der Waals surface area contributed by atoms with Crippen LogP contribution in [-0.2, 0) is 11.3 Å². The van der Waals surface area contributed by atoms with E-state index in [9.17, 15) is 4.79 Å². The summed E-state index contributed by atoms with van der Waals surface area (Å²) in [4.78, 5) is 22.8. The van der Waals surface area contributed by atoms with Crippen molar-refractivity contribution in [3.63, 3.8) is 0 Å². The number of hydrogen-bond donors (Lipinski definition) is 0. The van der Waals surface area contributed by atoms with E-state index in [4.69, 9.17) is 16.3 Å². The molecule has 2 aliphatic rings. The van der Waals surface area contributed by atoms with Gasteiger partial charge >= 0.3 is 0 Å². The lowest BCUT2D eigenvalue weighted by Crippen LogP contribution is -2.35. The first-order valence-corrected chi connectivity index (χ1v) is 13.2. The maximum absolute atomic E-state index is 13.4. The Hall–Kier alpha value is -2.55. The lowest BCUT2D eigenvalue weighted by Gasteiger charge is -2.25. The van der Waals surface area contributed by atoms with Crippen LogP contribution in [0.4, 0.5) is 0 Å². The van der Waals surface area contributed by atoms with Crippen molar-refractivity contribution >= 4 is 60.2 Å². The number of fused-ring (bicyclic) bond motifs is 2. The molecule has 1 saturated heterocycles. The molecule has 1 fully saturated rings. The molecular weight excluding hydrogens is 486 g/mol. The number of rotatable bonds is 4. The van der Waals surface area contributed by atoms with Gasteiger partial charge < -0.3 is 4.74 Å². The van der Waals surface area contributed by atoms with Gasteiger partial charge in [-0.2, -0.15) is 0 Å². The molecule has 0 bridgehead atoms. The number of thiophene rings is 2. The van der Waals surface area contributed by atoms with E-state index in [1.165, 1.54) is 20.9 Å². The molecule has 0 saturated carbocycles. The summed E-state index contributed by atoms with van der Waals surface area (Å²) in [5.74, 6) is 0. The molecule has 1 aliphatic carbocycles. The molecule has 0 N–H and O–H groups in total. The average Bonchev–Trinajstić information content (AvgIpc) is 3.39. The van der Waals surface area contributed by atoms with Crippen LogP contribution < -0.4 is 5.56 Å². The highest BCUT2D eigenvalue weighted by atomic mass is 35.5. The predicted octanol–water partition coefficient (Wildman–Crippen LogP) is 5.96. The van der Waals surface area contributed by atoms with E-state index in [-0.39, 0.29) is 5.56 Å². The first kappa shape index (κ1) is 21.9. The first-order valence-electron chi connectivity index (χ1n) is 11.2. The Bertz CT molecular complexity index is 1540. The summed E-state index contributed by atoms with van der Waals surface area (Å²) in [6.07, 6.45) is 10.3. The van der Waals surface area contributed by atoms with Crippen LogP contribution in [0.2, 0.25) is 0 Å². The van der Waals surface area contributed by atoms with Crippen LogP contribution in [-0.4, -0.2) is 40.8 Å². The third kappa shape index (κ3) is 4.30. The SMILES string of the molecule is O=c1c2sc(C3=CC=C(Cl)C=CC3)cc2ncn1-c1ccc2sc(CN3CCOCC3)cc2c1. The molecule has 1 aromatic carbocycles. The molecule has 4 aromatic rings. The van der Waals surface area contributed by atoms with Gasteiger partial charge in [-0.3, -0.25) is 14.3 Å². The number of hydrogen-bond acceptors (Lipinski definition) is 6. The summed E-state index contributed by atoms with van der Waals surface area (Å²) < 4.78 is 9.01. The summed E-state index contributed by atoms with van der Waals surface area (Å²) in [7, 11) is 0. The second kappa shape index (κ2) is 9.24. The van der Waals surface area contributed by atoms with Crippen LogP contribution in [0.3, 0.4) is 0 Å². The van der Waals surface area contributed by atoms with Gasteiger partial charge in [-0.1, -0.05) is 23.8 Å². The van der Waals surface area contributed by atoms with E-state index >= 15 is 0 Å². The van der Waals surface area contributed by atoms with E-state index in [0.29, 0.717) is 9.73 Å². The van der Waals surface area contributed by atoms with Gasteiger partial charge in [-0.25, -0.2) is 4.98 Å². The number of allylic oxidation sites excluding steroid dienone is 6. The molecule has 4 heterocycles. The predicted molar refractivity (Wildman–Crippen MR) is 142 cm³/mol. The number of benzene rings is 1. The monoisotopic (exact) mass is 507 g/mol. The third-order valence-electron chi connectivity index (χ3n) is 6.13. The highest BCUT2D eigenvalue weighted by Crippen LogP contribution is 2.32. The van der Waals surface area contributed by atoms with E-state index in [1.807, 2.05) is 47.8 Å². The van der Waals surface area contributed by atoms with E-state index < -0.39 is 0 Å². The van der Waals surface area contributed by atoms with Gasteiger partial charge in [0.25, 0.3) is 5.56 Å². The highest BCUT2D eigenvalue weighted by Gasteiger charge is 2.15. The third-order valence-corrected chi connectivity index (χ3v) is 8.67. The number of aromatic nitrogens is 2. The molecular formula is C26H22ClN3O2S2. The van der Waals surface area contributed by atoms with Crippen LogP contribution in [0.1, 0.15) is 16.2 Å². The van der Waals surface area contributed by atoms with Crippen LogP contribution in [0, 0.1) is 0 Å². The molecule has 8 heteroatoms. The second-order valence-electron chi connectivity index (χ2n) is 8.42. The van der Waals surface area contributed by atoms with Gasteiger partial charge in [0.2, 0.25) is 0 Å². The topological polar surface area (TPSA) is 47.4 Å². The number of halogens is 1. The van der Waals surface area contributed by atoms with E-state index in [1.54, 1.807) is 10.9 Å².